The molecule has 2 fully saturated rings. The number of amides is 1. The van der Waals surface area contributed by atoms with Crippen LogP contribution in [0, 0.1) is 26.4 Å². The third-order valence-corrected chi connectivity index (χ3v) is 6.45. The molecule has 0 aliphatic heterocycles. The second-order valence-electron chi connectivity index (χ2n) is 7.40. The minimum atomic E-state index is -0.733. The van der Waals surface area contributed by atoms with Crippen molar-refractivity contribution < 1.29 is 14.5 Å². The van der Waals surface area contributed by atoms with E-state index < -0.39 is 21.2 Å². The Bertz CT molecular complexity index is 727. The molecule has 3 rings (SSSR count). The van der Waals surface area contributed by atoms with Crippen molar-refractivity contribution in [2.45, 2.75) is 40.0 Å². The number of nitro groups is 1. The summed E-state index contributed by atoms with van der Waals surface area (Å²) in [6, 6.07) is 5.88. The van der Waals surface area contributed by atoms with Crippen LogP contribution >= 0.6 is 0 Å². The largest absolute Gasteiger partial charge is 0.325 e. The lowest BCUT2D eigenvalue weighted by Gasteiger charge is -2.38. The molecular weight excluding hydrogens is 296 g/mol. The molecule has 0 unspecified atom stereocenters. The number of anilines is 1. The zero-order valence-electron chi connectivity index (χ0n) is 13.5. The second kappa shape index (κ2) is 4.63. The highest BCUT2D eigenvalue weighted by molar-refractivity contribution is 6.04. The Balaban J connectivity index is 1.91. The second-order valence-corrected chi connectivity index (χ2v) is 7.40. The number of nitro benzene ring substituents is 1. The average Bonchev–Trinajstić information content (AvgIpc) is 2.78. The molecule has 6 nitrogen and oxygen atoms in total. The molecule has 2 bridgehead atoms. The van der Waals surface area contributed by atoms with Crippen LogP contribution in [0.2, 0.25) is 0 Å². The Morgan fingerprint density at radius 1 is 1.26 bits per heavy atom. The molecule has 2 aliphatic rings. The Morgan fingerprint density at radius 2 is 1.96 bits per heavy atom. The summed E-state index contributed by atoms with van der Waals surface area (Å²) in [6.45, 7) is 5.92. The lowest BCUT2D eigenvalue weighted by atomic mass is 9.64. The van der Waals surface area contributed by atoms with Crippen LogP contribution in [0.15, 0.2) is 24.3 Å². The SMILES string of the molecule is CC1(C)[C@@]2(C(=O)Nc3cccc([N+](=O)[O-])c3)CC[C@@]1(C)C(=O)C2. The predicted octanol–water partition coefficient (Wildman–Crippen LogP) is 3.32. The lowest BCUT2D eigenvalue weighted by molar-refractivity contribution is -0.384. The summed E-state index contributed by atoms with van der Waals surface area (Å²) in [7, 11) is 0. The van der Waals surface area contributed by atoms with E-state index in [2.05, 4.69) is 5.32 Å². The van der Waals surface area contributed by atoms with Gasteiger partial charge >= 0.3 is 0 Å². The average molecular weight is 316 g/mol. The van der Waals surface area contributed by atoms with Crippen molar-refractivity contribution in [1.29, 1.82) is 0 Å². The number of nitrogens with zero attached hydrogens (tertiary/aromatic N) is 1. The van der Waals surface area contributed by atoms with E-state index in [1.807, 2.05) is 20.8 Å². The maximum Gasteiger partial charge on any atom is 0.271 e. The minimum Gasteiger partial charge on any atom is -0.325 e. The Labute approximate surface area is 134 Å². The van der Waals surface area contributed by atoms with Crippen molar-refractivity contribution >= 4 is 23.1 Å². The molecule has 0 radical (unpaired) electrons. The van der Waals surface area contributed by atoms with Crippen molar-refractivity contribution in [3.63, 3.8) is 0 Å². The fourth-order valence-corrected chi connectivity index (χ4v) is 4.31. The van der Waals surface area contributed by atoms with E-state index in [0.717, 1.165) is 0 Å². The molecule has 1 aromatic carbocycles. The van der Waals surface area contributed by atoms with Crippen molar-refractivity contribution in [3.05, 3.63) is 34.4 Å². The summed E-state index contributed by atoms with van der Waals surface area (Å²) < 4.78 is 0. The summed E-state index contributed by atoms with van der Waals surface area (Å²) in [5.41, 5.74) is -1.31. The summed E-state index contributed by atoms with van der Waals surface area (Å²) >= 11 is 0. The molecule has 2 saturated carbocycles. The number of rotatable bonds is 3. The predicted molar refractivity (Wildman–Crippen MR) is 84.9 cm³/mol. The van der Waals surface area contributed by atoms with Crippen LogP contribution in [0.5, 0.6) is 0 Å². The molecule has 0 aromatic heterocycles. The van der Waals surface area contributed by atoms with E-state index in [1.54, 1.807) is 6.07 Å². The molecule has 6 heteroatoms. The molecule has 1 aromatic rings. The number of benzene rings is 1. The van der Waals surface area contributed by atoms with Crippen molar-refractivity contribution in [2.75, 3.05) is 5.32 Å². The molecule has 0 saturated heterocycles. The van der Waals surface area contributed by atoms with Gasteiger partial charge in [-0.2, -0.15) is 0 Å². The van der Waals surface area contributed by atoms with Crippen molar-refractivity contribution in [1.82, 2.24) is 0 Å². The fraction of sp³-hybridized carbons (Fsp3) is 0.529. The van der Waals surface area contributed by atoms with Gasteiger partial charge in [0.25, 0.3) is 5.69 Å². The van der Waals surface area contributed by atoms with Gasteiger partial charge in [-0.25, -0.2) is 0 Å². The van der Waals surface area contributed by atoms with Crippen LogP contribution in [-0.4, -0.2) is 16.6 Å². The molecule has 23 heavy (non-hydrogen) atoms. The summed E-state index contributed by atoms with van der Waals surface area (Å²) in [6.07, 6.45) is 1.63. The third-order valence-electron chi connectivity index (χ3n) is 6.45. The van der Waals surface area contributed by atoms with Gasteiger partial charge in [0.1, 0.15) is 5.78 Å². The van der Waals surface area contributed by atoms with E-state index in [9.17, 15) is 19.7 Å². The summed E-state index contributed by atoms with van der Waals surface area (Å²) in [5, 5.41) is 13.7. The number of non-ortho nitro benzene ring substituents is 1. The molecule has 122 valence electrons. The van der Waals surface area contributed by atoms with Gasteiger partial charge in [0.2, 0.25) is 5.91 Å². The highest BCUT2D eigenvalue weighted by atomic mass is 16.6. The molecule has 1 N–H and O–H groups in total. The number of hydrogen-bond donors (Lipinski definition) is 1. The normalized spacial score (nSPS) is 31.2. The Hall–Kier alpha value is -2.24. The number of hydrogen-bond acceptors (Lipinski definition) is 4. The molecular formula is C17H20N2O4. The van der Waals surface area contributed by atoms with Crippen LogP contribution in [0.25, 0.3) is 0 Å². The third kappa shape index (κ3) is 1.87. The quantitative estimate of drug-likeness (QED) is 0.684. The van der Waals surface area contributed by atoms with Gasteiger partial charge in [-0.05, 0) is 24.3 Å². The van der Waals surface area contributed by atoms with Crippen LogP contribution in [0.3, 0.4) is 0 Å². The van der Waals surface area contributed by atoms with E-state index in [1.165, 1.54) is 18.2 Å². The van der Waals surface area contributed by atoms with Crippen molar-refractivity contribution in [2.24, 2.45) is 16.2 Å². The first-order valence-corrected chi connectivity index (χ1v) is 7.73. The van der Waals surface area contributed by atoms with Gasteiger partial charge < -0.3 is 5.32 Å². The zero-order valence-corrected chi connectivity index (χ0v) is 13.5. The maximum atomic E-state index is 12.9. The number of ketones is 1. The molecule has 0 spiro atoms. The topological polar surface area (TPSA) is 89.3 Å². The van der Waals surface area contributed by atoms with E-state index in [-0.39, 0.29) is 23.8 Å². The van der Waals surface area contributed by atoms with Crippen LogP contribution in [0.1, 0.15) is 40.0 Å². The van der Waals surface area contributed by atoms with Gasteiger partial charge in [0.15, 0.2) is 0 Å². The first kappa shape index (κ1) is 15.6. The van der Waals surface area contributed by atoms with Gasteiger partial charge in [-0.3, -0.25) is 19.7 Å². The van der Waals surface area contributed by atoms with Gasteiger partial charge in [-0.15, -0.1) is 0 Å². The summed E-state index contributed by atoms with van der Waals surface area (Å²) in [4.78, 5) is 35.7. The van der Waals surface area contributed by atoms with Gasteiger partial charge in [-0.1, -0.05) is 26.8 Å². The highest BCUT2D eigenvalue weighted by Gasteiger charge is 2.72. The molecule has 2 aliphatic carbocycles. The highest BCUT2D eigenvalue weighted by Crippen LogP contribution is 2.70. The van der Waals surface area contributed by atoms with Crippen LogP contribution < -0.4 is 5.32 Å². The van der Waals surface area contributed by atoms with Gasteiger partial charge in [0.05, 0.1) is 10.3 Å². The minimum absolute atomic E-state index is 0.0710. The maximum absolute atomic E-state index is 12.9. The van der Waals surface area contributed by atoms with Gasteiger partial charge in [0, 0.05) is 29.7 Å². The number of carbonyl (C=O) groups is 2. The number of Topliss-reactive ketones (excluding diaryl/α,β-unsaturated/α-hetero) is 1. The van der Waals surface area contributed by atoms with Crippen LogP contribution in [-0.2, 0) is 9.59 Å². The number of carbonyl (C=O) groups excluding carboxylic acids is 2. The Morgan fingerprint density at radius 3 is 2.48 bits per heavy atom. The smallest absolute Gasteiger partial charge is 0.271 e. The standard InChI is InChI=1S/C17H20N2O4/c1-15(2)16(3)7-8-17(15,10-13(16)20)14(21)18-11-5-4-6-12(9-11)19(22)23/h4-6,9H,7-8,10H2,1-3H3,(H,18,21)/t16-,17-/m0/s1. The first-order chi connectivity index (χ1) is 10.6. The number of nitrogens with one attached hydrogen (secondary N) is 1. The van der Waals surface area contributed by atoms with E-state index in [0.29, 0.717) is 18.5 Å². The monoisotopic (exact) mass is 316 g/mol. The van der Waals surface area contributed by atoms with E-state index >= 15 is 0 Å². The summed E-state index contributed by atoms with van der Waals surface area (Å²) in [5.74, 6) is -0.0690. The fourth-order valence-electron chi connectivity index (χ4n) is 4.31. The first-order valence-electron chi connectivity index (χ1n) is 7.73. The van der Waals surface area contributed by atoms with E-state index in [4.69, 9.17) is 0 Å². The molecule has 2 atom stereocenters. The lowest BCUT2D eigenvalue weighted by Crippen LogP contribution is -2.43. The molecule has 1 amide bonds. The molecule has 0 heterocycles. The van der Waals surface area contributed by atoms with Crippen LogP contribution in [0.4, 0.5) is 11.4 Å². The Kier molecular flexibility index (Phi) is 3.15. The zero-order chi connectivity index (χ0) is 17.0. The number of fused-ring (bicyclic) bond motifs is 2. The van der Waals surface area contributed by atoms with Crippen molar-refractivity contribution in [3.8, 4) is 0 Å².